The summed E-state index contributed by atoms with van der Waals surface area (Å²) >= 11 is 0. The zero-order valence-electron chi connectivity index (χ0n) is 15.2. The third kappa shape index (κ3) is 4.53. The van der Waals surface area contributed by atoms with Crippen molar-refractivity contribution in [2.24, 2.45) is 0 Å². The highest BCUT2D eigenvalue weighted by atomic mass is 16.5. The highest BCUT2D eigenvalue weighted by molar-refractivity contribution is 5.96. The monoisotopic (exact) mass is 360 g/mol. The average molecular weight is 360 g/mol. The smallest absolute Gasteiger partial charge is 0.345 e. The fourth-order valence-electron chi connectivity index (χ4n) is 2.48. The van der Waals surface area contributed by atoms with Gasteiger partial charge in [0.25, 0.3) is 0 Å². The standard InChI is InChI=1S/C18H24N4O4/c1-4-24-13-8-11(7-12-10-21-18(20)22-16(12)19)9-14(25-5-2)15(13)17(23)26-6-3/h8-10H,4-7H2,1-3H3,(H4,19,20,21,22). The molecule has 2 rings (SSSR count). The van der Waals surface area contributed by atoms with Gasteiger partial charge in [-0.25, -0.2) is 9.78 Å². The van der Waals surface area contributed by atoms with Crippen LogP contribution in [0.5, 0.6) is 11.5 Å². The number of carbonyl (C=O) groups is 1. The summed E-state index contributed by atoms with van der Waals surface area (Å²) in [5.74, 6) is 0.752. The van der Waals surface area contributed by atoms with E-state index in [-0.39, 0.29) is 18.1 Å². The number of ether oxygens (including phenoxy) is 3. The molecule has 0 amide bonds. The Hall–Kier alpha value is -3.03. The van der Waals surface area contributed by atoms with Crippen molar-refractivity contribution in [2.45, 2.75) is 27.2 Å². The fourth-order valence-corrected chi connectivity index (χ4v) is 2.48. The number of hydrogen-bond acceptors (Lipinski definition) is 8. The summed E-state index contributed by atoms with van der Waals surface area (Å²) < 4.78 is 16.5. The lowest BCUT2D eigenvalue weighted by Gasteiger charge is -2.16. The maximum Gasteiger partial charge on any atom is 0.345 e. The van der Waals surface area contributed by atoms with Crippen LogP contribution in [0, 0.1) is 0 Å². The molecule has 1 heterocycles. The van der Waals surface area contributed by atoms with Crippen molar-refractivity contribution in [3.63, 3.8) is 0 Å². The number of nitrogens with two attached hydrogens (primary N) is 2. The second kappa shape index (κ2) is 8.89. The van der Waals surface area contributed by atoms with E-state index < -0.39 is 5.97 Å². The van der Waals surface area contributed by atoms with Crippen LogP contribution in [0.2, 0.25) is 0 Å². The van der Waals surface area contributed by atoms with Gasteiger partial charge in [0.1, 0.15) is 22.9 Å². The van der Waals surface area contributed by atoms with Gasteiger partial charge in [0.2, 0.25) is 5.95 Å². The molecular formula is C18H24N4O4. The Morgan fingerprint density at radius 3 is 2.15 bits per heavy atom. The van der Waals surface area contributed by atoms with Crippen molar-refractivity contribution in [1.82, 2.24) is 9.97 Å². The molecule has 0 unspecified atom stereocenters. The highest BCUT2D eigenvalue weighted by Crippen LogP contribution is 2.33. The van der Waals surface area contributed by atoms with E-state index in [1.54, 1.807) is 25.3 Å². The first-order valence-corrected chi connectivity index (χ1v) is 8.46. The lowest BCUT2D eigenvalue weighted by atomic mass is 10.0. The van der Waals surface area contributed by atoms with E-state index in [4.69, 9.17) is 25.7 Å². The first-order valence-electron chi connectivity index (χ1n) is 8.46. The van der Waals surface area contributed by atoms with Crippen LogP contribution in [0.4, 0.5) is 11.8 Å². The topological polar surface area (TPSA) is 123 Å². The molecule has 0 radical (unpaired) electrons. The van der Waals surface area contributed by atoms with Crippen LogP contribution in [-0.2, 0) is 11.2 Å². The largest absolute Gasteiger partial charge is 0.493 e. The van der Waals surface area contributed by atoms with Crippen LogP contribution in [0.15, 0.2) is 18.3 Å². The van der Waals surface area contributed by atoms with E-state index in [0.29, 0.717) is 42.5 Å². The first-order chi connectivity index (χ1) is 12.5. The molecule has 0 atom stereocenters. The predicted octanol–water partition coefficient (Wildman–Crippen LogP) is 2.21. The molecule has 0 bridgehead atoms. The van der Waals surface area contributed by atoms with E-state index in [0.717, 1.165) is 5.56 Å². The molecule has 0 saturated heterocycles. The fraction of sp³-hybridized carbons (Fsp3) is 0.389. The maximum atomic E-state index is 12.4. The molecule has 0 saturated carbocycles. The van der Waals surface area contributed by atoms with Gasteiger partial charge in [0, 0.05) is 18.2 Å². The summed E-state index contributed by atoms with van der Waals surface area (Å²) in [6.45, 7) is 6.48. The first kappa shape index (κ1) is 19.3. The average Bonchev–Trinajstić information content (AvgIpc) is 2.58. The molecule has 2 aromatic rings. The third-order valence-corrected chi connectivity index (χ3v) is 3.52. The Kier molecular flexibility index (Phi) is 6.60. The van der Waals surface area contributed by atoms with Crippen molar-refractivity contribution in [2.75, 3.05) is 31.3 Å². The summed E-state index contributed by atoms with van der Waals surface area (Å²) in [5.41, 5.74) is 13.3. The van der Waals surface area contributed by atoms with Crippen LogP contribution in [-0.4, -0.2) is 35.8 Å². The van der Waals surface area contributed by atoms with E-state index in [1.807, 2.05) is 13.8 Å². The Balaban J connectivity index is 2.48. The number of nitrogens with zero attached hydrogens (tertiary/aromatic N) is 2. The molecule has 26 heavy (non-hydrogen) atoms. The summed E-state index contributed by atoms with van der Waals surface area (Å²) in [5, 5.41) is 0. The van der Waals surface area contributed by atoms with Crippen LogP contribution in [0.25, 0.3) is 0 Å². The van der Waals surface area contributed by atoms with E-state index in [9.17, 15) is 4.79 Å². The Bertz CT molecular complexity index is 753. The molecule has 4 N–H and O–H groups in total. The lowest BCUT2D eigenvalue weighted by Crippen LogP contribution is -2.12. The highest BCUT2D eigenvalue weighted by Gasteiger charge is 2.22. The van der Waals surface area contributed by atoms with Crippen LogP contribution >= 0.6 is 0 Å². The third-order valence-electron chi connectivity index (χ3n) is 3.52. The summed E-state index contributed by atoms with van der Waals surface area (Å²) in [6.07, 6.45) is 2.02. The molecule has 0 fully saturated rings. The summed E-state index contributed by atoms with van der Waals surface area (Å²) in [4.78, 5) is 20.3. The van der Waals surface area contributed by atoms with Gasteiger partial charge in [-0.15, -0.1) is 0 Å². The van der Waals surface area contributed by atoms with Gasteiger partial charge in [0.05, 0.1) is 19.8 Å². The van der Waals surface area contributed by atoms with Gasteiger partial charge >= 0.3 is 5.97 Å². The van der Waals surface area contributed by atoms with Crippen molar-refractivity contribution in [1.29, 1.82) is 0 Å². The van der Waals surface area contributed by atoms with Gasteiger partial charge in [-0.3, -0.25) is 0 Å². The molecule has 1 aromatic heterocycles. The molecule has 8 nitrogen and oxygen atoms in total. The van der Waals surface area contributed by atoms with E-state index in [2.05, 4.69) is 9.97 Å². The van der Waals surface area contributed by atoms with Crippen LogP contribution in [0.3, 0.4) is 0 Å². The predicted molar refractivity (Wildman–Crippen MR) is 98.4 cm³/mol. The van der Waals surface area contributed by atoms with Gasteiger partial charge < -0.3 is 25.7 Å². The Morgan fingerprint density at radius 2 is 1.65 bits per heavy atom. The zero-order valence-corrected chi connectivity index (χ0v) is 15.2. The maximum absolute atomic E-state index is 12.4. The molecule has 0 aliphatic carbocycles. The number of rotatable bonds is 8. The van der Waals surface area contributed by atoms with E-state index >= 15 is 0 Å². The van der Waals surface area contributed by atoms with Crippen LogP contribution < -0.4 is 20.9 Å². The SMILES string of the molecule is CCOC(=O)c1c(OCC)cc(Cc2cnc(N)nc2N)cc1OCC. The van der Waals surface area contributed by atoms with Gasteiger partial charge in [-0.1, -0.05) is 0 Å². The number of esters is 1. The second-order valence-electron chi connectivity index (χ2n) is 5.37. The van der Waals surface area contributed by atoms with Crippen molar-refractivity contribution in [3.8, 4) is 11.5 Å². The second-order valence-corrected chi connectivity index (χ2v) is 5.37. The Morgan fingerprint density at radius 1 is 1.04 bits per heavy atom. The summed E-state index contributed by atoms with van der Waals surface area (Å²) in [7, 11) is 0. The molecule has 140 valence electrons. The van der Waals surface area contributed by atoms with Crippen molar-refractivity contribution in [3.05, 3.63) is 35.0 Å². The molecule has 8 heteroatoms. The summed E-state index contributed by atoms with van der Waals surface area (Å²) in [6, 6.07) is 3.54. The normalized spacial score (nSPS) is 10.4. The van der Waals surface area contributed by atoms with Gasteiger partial charge in [0.15, 0.2) is 0 Å². The minimum Gasteiger partial charge on any atom is -0.493 e. The minimum atomic E-state index is -0.485. The zero-order chi connectivity index (χ0) is 19.1. The van der Waals surface area contributed by atoms with Gasteiger partial charge in [-0.05, 0) is 38.5 Å². The minimum absolute atomic E-state index is 0.119. The van der Waals surface area contributed by atoms with Crippen molar-refractivity contribution >= 4 is 17.7 Å². The number of carbonyl (C=O) groups excluding carboxylic acids is 1. The number of nitrogen functional groups attached to an aromatic ring is 2. The Labute approximate surface area is 152 Å². The molecule has 1 aromatic carbocycles. The number of hydrogen-bond donors (Lipinski definition) is 2. The number of anilines is 2. The number of benzene rings is 1. The van der Waals surface area contributed by atoms with Crippen LogP contribution in [0.1, 0.15) is 42.3 Å². The van der Waals surface area contributed by atoms with Gasteiger partial charge in [-0.2, -0.15) is 4.98 Å². The molecule has 0 spiro atoms. The number of aromatic nitrogens is 2. The molecular weight excluding hydrogens is 336 g/mol. The molecule has 0 aliphatic rings. The van der Waals surface area contributed by atoms with E-state index in [1.165, 1.54) is 0 Å². The quantitative estimate of drug-likeness (QED) is 0.687. The van der Waals surface area contributed by atoms with Crippen molar-refractivity contribution < 1.29 is 19.0 Å². The molecule has 0 aliphatic heterocycles. The lowest BCUT2D eigenvalue weighted by molar-refractivity contribution is 0.0517.